The summed E-state index contributed by atoms with van der Waals surface area (Å²) in [4.78, 5) is 4.91. The van der Waals surface area contributed by atoms with E-state index in [9.17, 15) is 0 Å². The number of aromatic nitrogens is 3. The normalized spacial score (nSPS) is 11.7. The molecule has 186 valence electrons. The van der Waals surface area contributed by atoms with Crippen LogP contribution in [-0.4, -0.2) is 14.1 Å². The largest absolute Gasteiger partial charge is 0.317 e. The van der Waals surface area contributed by atoms with Crippen molar-refractivity contribution in [1.29, 1.82) is 0 Å². The quantitative estimate of drug-likeness (QED) is 0.230. The number of allylic oxidation sites excluding steroid dienone is 1. The summed E-state index contributed by atoms with van der Waals surface area (Å²) < 4.78 is 4.48. The molecule has 0 unspecified atom stereocenters. The Hall–Kier alpha value is -5.15. The summed E-state index contributed by atoms with van der Waals surface area (Å²) in [6, 6.07) is 36.4. The molecule has 0 saturated carbocycles. The molecule has 7 rings (SSSR count). The molecule has 4 aromatic carbocycles. The van der Waals surface area contributed by atoms with Crippen LogP contribution in [0.4, 0.5) is 0 Å². The standard InChI is InChI=1S/C36H27N3/c1-3-11-29-32-23-31-26(16-18-34-30(31)20-21-38(34)28-14-9-6-10-15-28)22-35(32)39(33(29)4-2)36-19-17-27(24-37-36)25-12-7-5-8-13-25/h3-24H,2H2,1H3/b11-3-. The van der Waals surface area contributed by atoms with E-state index in [1.54, 1.807) is 0 Å². The lowest BCUT2D eigenvalue weighted by atomic mass is 10.0. The van der Waals surface area contributed by atoms with E-state index in [0.717, 1.165) is 39.4 Å². The van der Waals surface area contributed by atoms with Crippen LogP contribution in [0.1, 0.15) is 18.2 Å². The molecule has 0 amide bonds. The number of nitrogens with zero attached hydrogens (tertiary/aromatic N) is 3. The van der Waals surface area contributed by atoms with E-state index in [-0.39, 0.29) is 0 Å². The van der Waals surface area contributed by atoms with Crippen molar-refractivity contribution in [2.75, 3.05) is 0 Å². The van der Waals surface area contributed by atoms with Crippen molar-refractivity contribution >= 4 is 44.7 Å². The smallest absolute Gasteiger partial charge is 0.137 e. The minimum Gasteiger partial charge on any atom is -0.317 e. The predicted octanol–water partition coefficient (Wildman–Crippen LogP) is 9.47. The third-order valence-corrected chi connectivity index (χ3v) is 7.50. The van der Waals surface area contributed by atoms with Gasteiger partial charge in [0.15, 0.2) is 0 Å². The molecule has 3 heterocycles. The zero-order valence-corrected chi connectivity index (χ0v) is 21.8. The minimum atomic E-state index is 0.876. The van der Waals surface area contributed by atoms with Crippen LogP contribution in [-0.2, 0) is 0 Å². The van der Waals surface area contributed by atoms with Gasteiger partial charge in [-0.3, -0.25) is 4.57 Å². The molecular weight excluding hydrogens is 474 g/mol. The Bertz CT molecular complexity index is 2010. The number of benzene rings is 4. The van der Waals surface area contributed by atoms with Crippen LogP contribution in [0.5, 0.6) is 0 Å². The summed E-state index contributed by atoms with van der Waals surface area (Å²) in [7, 11) is 0. The topological polar surface area (TPSA) is 22.8 Å². The molecule has 0 atom stereocenters. The number of hydrogen-bond acceptors (Lipinski definition) is 1. The molecule has 0 radical (unpaired) electrons. The molecule has 0 aliphatic heterocycles. The van der Waals surface area contributed by atoms with Gasteiger partial charge in [-0.2, -0.15) is 0 Å². The van der Waals surface area contributed by atoms with Gasteiger partial charge in [0, 0.05) is 40.0 Å². The van der Waals surface area contributed by atoms with Crippen molar-refractivity contribution in [3.8, 4) is 22.6 Å². The molecule has 0 aliphatic carbocycles. The summed E-state index contributed by atoms with van der Waals surface area (Å²) in [5.41, 5.74) is 7.92. The van der Waals surface area contributed by atoms with Gasteiger partial charge in [-0.25, -0.2) is 4.98 Å². The van der Waals surface area contributed by atoms with Crippen LogP contribution in [0.15, 0.2) is 128 Å². The van der Waals surface area contributed by atoms with Crippen LogP contribution < -0.4 is 0 Å². The first-order valence-electron chi connectivity index (χ1n) is 13.2. The van der Waals surface area contributed by atoms with Crippen LogP contribution >= 0.6 is 0 Å². The van der Waals surface area contributed by atoms with Crippen molar-refractivity contribution in [2.24, 2.45) is 0 Å². The zero-order valence-electron chi connectivity index (χ0n) is 21.8. The van der Waals surface area contributed by atoms with Crippen molar-refractivity contribution in [1.82, 2.24) is 14.1 Å². The van der Waals surface area contributed by atoms with Gasteiger partial charge in [0.05, 0.1) is 16.7 Å². The Morgan fingerprint density at radius 3 is 2.23 bits per heavy atom. The van der Waals surface area contributed by atoms with Gasteiger partial charge in [-0.15, -0.1) is 0 Å². The predicted molar refractivity (Wildman–Crippen MR) is 166 cm³/mol. The van der Waals surface area contributed by atoms with E-state index in [1.165, 1.54) is 27.1 Å². The highest BCUT2D eigenvalue weighted by Gasteiger charge is 2.18. The van der Waals surface area contributed by atoms with Crippen molar-refractivity contribution in [3.63, 3.8) is 0 Å². The van der Waals surface area contributed by atoms with Gasteiger partial charge in [-0.1, -0.05) is 73.3 Å². The fraction of sp³-hybridized carbons (Fsp3) is 0.0278. The molecular formula is C36H27N3. The molecule has 39 heavy (non-hydrogen) atoms. The molecule has 0 aliphatic rings. The van der Waals surface area contributed by atoms with Gasteiger partial charge in [0.1, 0.15) is 5.82 Å². The third kappa shape index (κ3) is 3.71. The first kappa shape index (κ1) is 23.0. The van der Waals surface area contributed by atoms with Crippen LogP contribution in [0.3, 0.4) is 0 Å². The monoisotopic (exact) mass is 501 g/mol. The number of fused-ring (bicyclic) bond motifs is 4. The fourth-order valence-corrected chi connectivity index (χ4v) is 5.70. The maximum absolute atomic E-state index is 4.91. The Morgan fingerprint density at radius 1 is 0.718 bits per heavy atom. The van der Waals surface area contributed by atoms with E-state index in [4.69, 9.17) is 4.98 Å². The van der Waals surface area contributed by atoms with Gasteiger partial charge in [0.25, 0.3) is 0 Å². The Morgan fingerprint density at radius 2 is 1.51 bits per heavy atom. The number of rotatable bonds is 5. The molecule has 0 bridgehead atoms. The molecule has 0 spiro atoms. The van der Waals surface area contributed by atoms with Crippen molar-refractivity contribution < 1.29 is 0 Å². The lowest BCUT2D eigenvalue weighted by Crippen LogP contribution is -2.00. The van der Waals surface area contributed by atoms with Crippen LogP contribution in [0.25, 0.3) is 67.4 Å². The molecule has 3 heteroatoms. The number of pyridine rings is 1. The van der Waals surface area contributed by atoms with E-state index < -0.39 is 0 Å². The highest BCUT2D eigenvalue weighted by Crippen LogP contribution is 2.37. The third-order valence-electron chi connectivity index (χ3n) is 7.50. The van der Waals surface area contributed by atoms with E-state index >= 15 is 0 Å². The highest BCUT2D eigenvalue weighted by atomic mass is 15.1. The lowest BCUT2D eigenvalue weighted by Gasteiger charge is -2.10. The minimum absolute atomic E-state index is 0.876. The fourth-order valence-electron chi connectivity index (χ4n) is 5.70. The summed E-state index contributed by atoms with van der Waals surface area (Å²) >= 11 is 0. The number of hydrogen-bond donors (Lipinski definition) is 0. The first-order valence-corrected chi connectivity index (χ1v) is 13.2. The zero-order chi connectivity index (χ0) is 26.3. The molecule has 3 aromatic heterocycles. The van der Waals surface area contributed by atoms with Crippen molar-refractivity contribution in [2.45, 2.75) is 6.92 Å². The van der Waals surface area contributed by atoms with Crippen LogP contribution in [0.2, 0.25) is 0 Å². The average Bonchev–Trinajstić information content (AvgIpc) is 3.56. The summed E-state index contributed by atoms with van der Waals surface area (Å²) in [5.74, 6) is 0.876. The summed E-state index contributed by atoms with van der Waals surface area (Å²) in [6.45, 7) is 6.25. The number of para-hydroxylation sites is 1. The molecule has 7 aromatic rings. The Kier molecular flexibility index (Phi) is 5.49. The van der Waals surface area contributed by atoms with E-state index in [0.29, 0.717) is 0 Å². The molecule has 0 N–H and O–H groups in total. The second kappa shape index (κ2) is 9.30. The maximum Gasteiger partial charge on any atom is 0.137 e. The Labute approximate surface area is 227 Å². The van der Waals surface area contributed by atoms with Crippen LogP contribution in [0, 0.1) is 0 Å². The molecule has 0 fully saturated rings. The van der Waals surface area contributed by atoms with Gasteiger partial charge >= 0.3 is 0 Å². The summed E-state index contributed by atoms with van der Waals surface area (Å²) in [6.07, 6.45) is 10.3. The SMILES string of the molecule is C=Cc1c(/C=C\C)c2cc3c(ccc4c3ccn4-c3ccccc3)cc2n1-c1ccc(-c2ccccc2)cn1. The molecule has 3 nitrogen and oxygen atoms in total. The van der Waals surface area contributed by atoms with Crippen molar-refractivity contribution in [3.05, 3.63) is 139 Å². The first-order chi connectivity index (χ1) is 19.3. The lowest BCUT2D eigenvalue weighted by molar-refractivity contribution is 1.03. The van der Waals surface area contributed by atoms with E-state index in [2.05, 4.69) is 138 Å². The van der Waals surface area contributed by atoms with Gasteiger partial charge < -0.3 is 4.57 Å². The van der Waals surface area contributed by atoms with Gasteiger partial charge in [0.2, 0.25) is 0 Å². The average molecular weight is 502 g/mol. The second-order valence-corrected chi connectivity index (χ2v) is 9.72. The molecule has 0 saturated heterocycles. The highest BCUT2D eigenvalue weighted by molar-refractivity contribution is 6.13. The maximum atomic E-state index is 4.91. The van der Waals surface area contributed by atoms with E-state index in [1.807, 2.05) is 18.3 Å². The summed E-state index contributed by atoms with van der Waals surface area (Å²) in [5, 5.41) is 4.86. The van der Waals surface area contributed by atoms with Gasteiger partial charge in [-0.05, 0) is 77.9 Å². The second-order valence-electron chi connectivity index (χ2n) is 9.72. The Balaban J connectivity index is 1.46.